The highest BCUT2D eigenvalue weighted by Crippen LogP contribution is 2.25. The van der Waals surface area contributed by atoms with Crippen LogP contribution in [0.25, 0.3) is 5.69 Å². The van der Waals surface area contributed by atoms with Gasteiger partial charge in [-0.3, -0.25) is 9.36 Å². The lowest BCUT2D eigenvalue weighted by molar-refractivity contribution is -0.134. The molecule has 1 aliphatic rings. The summed E-state index contributed by atoms with van der Waals surface area (Å²) in [6.45, 7) is 4.29. The van der Waals surface area contributed by atoms with Gasteiger partial charge >= 0.3 is 0 Å². The van der Waals surface area contributed by atoms with Gasteiger partial charge in [-0.25, -0.2) is 0 Å². The Morgan fingerprint density at radius 3 is 2.61 bits per heavy atom. The first-order valence-electron chi connectivity index (χ1n) is 8.06. The van der Waals surface area contributed by atoms with Gasteiger partial charge in [0.15, 0.2) is 5.16 Å². The van der Waals surface area contributed by atoms with Gasteiger partial charge in [0, 0.05) is 17.8 Å². The molecular formula is C17H22N4OS. The number of hydrogen-bond donors (Lipinski definition) is 0. The van der Waals surface area contributed by atoms with Crippen LogP contribution in [0.5, 0.6) is 0 Å². The van der Waals surface area contributed by atoms with Crippen molar-refractivity contribution in [3.05, 3.63) is 36.7 Å². The third-order valence-electron chi connectivity index (χ3n) is 4.36. The van der Waals surface area contributed by atoms with Crippen molar-refractivity contribution in [1.29, 1.82) is 0 Å². The van der Waals surface area contributed by atoms with E-state index in [2.05, 4.69) is 24.0 Å². The zero-order valence-electron chi connectivity index (χ0n) is 13.6. The molecule has 0 radical (unpaired) electrons. The van der Waals surface area contributed by atoms with Crippen LogP contribution < -0.4 is 0 Å². The molecule has 1 aliphatic heterocycles. The second kappa shape index (κ2) is 7.17. The van der Waals surface area contributed by atoms with Gasteiger partial charge in [-0.15, -0.1) is 10.2 Å². The molecule has 6 heteroatoms. The molecule has 5 nitrogen and oxygen atoms in total. The summed E-state index contributed by atoms with van der Waals surface area (Å²) in [6, 6.07) is 10.6. The first kappa shape index (κ1) is 16.1. The highest BCUT2D eigenvalue weighted by atomic mass is 32.2. The molecule has 1 aromatic heterocycles. The predicted octanol–water partition coefficient (Wildman–Crippen LogP) is 3.15. The Morgan fingerprint density at radius 2 is 1.91 bits per heavy atom. The molecule has 2 atom stereocenters. The third kappa shape index (κ3) is 3.58. The molecule has 1 fully saturated rings. The van der Waals surface area contributed by atoms with E-state index < -0.39 is 0 Å². The fourth-order valence-electron chi connectivity index (χ4n) is 3.20. The van der Waals surface area contributed by atoms with E-state index in [1.54, 1.807) is 6.33 Å². The molecule has 1 saturated heterocycles. The number of likely N-dealkylation sites (tertiary alicyclic amines) is 1. The second-order valence-electron chi connectivity index (χ2n) is 6.04. The molecule has 2 aromatic rings. The molecule has 122 valence electrons. The van der Waals surface area contributed by atoms with Gasteiger partial charge in [0.25, 0.3) is 0 Å². The normalized spacial score (nSPS) is 21.4. The zero-order valence-corrected chi connectivity index (χ0v) is 14.4. The van der Waals surface area contributed by atoms with Crippen molar-refractivity contribution in [3.8, 4) is 5.69 Å². The van der Waals surface area contributed by atoms with E-state index in [9.17, 15) is 4.79 Å². The van der Waals surface area contributed by atoms with Gasteiger partial charge in [-0.2, -0.15) is 0 Å². The summed E-state index contributed by atoms with van der Waals surface area (Å²) in [4.78, 5) is 14.7. The van der Waals surface area contributed by atoms with Crippen LogP contribution in [0.4, 0.5) is 0 Å². The van der Waals surface area contributed by atoms with E-state index >= 15 is 0 Å². The first-order chi connectivity index (χ1) is 11.2. The zero-order chi connectivity index (χ0) is 16.2. The van der Waals surface area contributed by atoms with Gasteiger partial charge in [0.2, 0.25) is 5.91 Å². The van der Waals surface area contributed by atoms with Crippen molar-refractivity contribution in [3.63, 3.8) is 0 Å². The van der Waals surface area contributed by atoms with Crippen LogP contribution in [0.2, 0.25) is 0 Å². The molecule has 1 amide bonds. The summed E-state index contributed by atoms with van der Waals surface area (Å²) in [6.07, 6.45) is 5.10. The molecule has 0 aliphatic carbocycles. The van der Waals surface area contributed by atoms with Crippen molar-refractivity contribution in [2.24, 2.45) is 0 Å². The number of benzene rings is 1. The number of amides is 1. The first-order valence-corrected chi connectivity index (χ1v) is 9.05. The molecule has 0 saturated carbocycles. The van der Waals surface area contributed by atoms with E-state index in [4.69, 9.17) is 0 Å². The van der Waals surface area contributed by atoms with Crippen molar-refractivity contribution in [2.45, 2.75) is 50.4 Å². The maximum absolute atomic E-state index is 12.6. The van der Waals surface area contributed by atoms with Crippen LogP contribution in [-0.2, 0) is 4.79 Å². The molecule has 2 heterocycles. The van der Waals surface area contributed by atoms with Crippen molar-refractivity contribution in [1.82, 2.24) is 19.7 Å². The Labute approximate surface area is 141 Å². The average molecular weight is 330 g/mol. The number of carbonyl (C=O) groups excluding carboxylic acids is 1. The second-order valence-corrected chi connectivity index (χ2v) is 6.98. The van der Waals surface area contributed by atoms with E-state index in [0.717, 1.165) is 23.7 Å². The number of rotatable bonds is 4. The quantitative estimate of drug-likeness (QED) is 0.808. The van der Waals surface area contributed by atoms with Gasteiger partial charge < -0.3 is 4.90 Å². The molecular weight excluding hydrogens is 308 g/mol. The monoisotopic (exact) mass is 330 g/mol. The van der Waals surface area contributed by atoms with Crippen LogP contribution in [0, 0.1) is 0 Å². The molecule has 0 N–H and O–H groups in total. The highest BCUT2D eigenvalue weighted by molar-refractivity contribution is 7.99. The summed E-state index contributed by atoms with van der Waals surface area (Å²) >= 11 is 1.45. The Bertz CT molecular complexity index is 648. The average Bonchev–Trinajstić information content (AvgIpc) is 3.02. The van der Waals surface area contributed by atoms with E-state index in [-0.39, 0.29) is 5.91 Å². The summed E-state index contributed by atoms with van der Waals surface area (Å²) in [5.74, 6) is 0.595. The van der Waals surface area contributed by atoms with Gasteiger partial charge in [-0.1, -0.05) is 30.0 Å². The Hall–Kier alpha value is -1.82. The summed E-state index contributed by atoms with van der Waals surface area (Å²) in [5.41, 5.74) is 1.01. The SMILES string of the molecule is CC1CCCC(C)N1C(=O)CSc1nncn1-c1ccccc1. The third-order valence-corrected chi connectivity index (χ3v) is 5.28. The van der Waals surface area contributed by atoms with Crippen molar-refractivity contribution < 1.29 is 4.79 Å². The topological polar surface area (TPSA) is 51.0 Å². The van der Waals surface area contributed by atoms with Crippen LogP contribution >= 0.6 is 11.8 Å². The number of aromatic nitrogens is 3. The van der Waals surface area contributed by atoms with Crippen molar-refractivity contribution in [2.75, 3.05) is 5.75 Å². The maximum Gasteiger partial charge on any atom is 0.233 e. The largest absolute Gasteiger partial charge is 0.337 e. The number of thioether (sulfide) groups is 1. The lowest BCUT2D eigenvalue weighted by Gasteiger charge is -2.39. The number of nitrogens with zero attached hydrogens (tertiary/aromatic N) is 4. The molecule has 2 unspecified atom stereocenters. The Balaban J connectivity index is 1.67. The van der Waals surface area contributed by atoms with Crippen LogP contribution in [0.1, 0.15) is 33.1 Å². The number of piperidine rings is 1. The maximum atomic E-state index is 12.6. The Morgan fingerprint density at radius 1 is 1.22 bits per heavy atom. The van der Waals surface area contributed by atoms with Crippen LogP contribution in [0.15, 0.2) is 41.8 Å². The predicted molar refractivity (Wildman–Crippen MR) is 91.7 cm³/mol. The van der Waals surface area contributed by atoms with Crippen molar-refractivity contribution >= 4 is 17.7 Å². The number of hydrogen-bond acceptors (Lipinski definition) is 4. The summed E-state index contributed by atoms with van der Waals surface area (Å²) < 4.78 is 1.92. The van der Waals surface area contributed by atoms with Gasteiger partial charge in [0.1, 0.15) is 6.33 Å². The number of carbonyl (C=O) groups is 1. The minimum atomic E-state index is 0.192. The summed E-state index contributed by atoms with van der Waals surface area (Å²) in [5, 5.41) is 8.89. The van der Waals surface area contributed by atoms with E-state index in [0.29, 0.717) is 17.8 Å². The molecule has 0 spiro atoms. The van der Waals surface area contributed by atoms with Crippen LogP contribution in [0.3, 0.4) is 0 Å². The van der Waals surface area contributed by atoms with Crippen LogP contribution in [-0.4, -0.2) is 43.4 Å². The highest BCUT2D eigenvalue weighted by Gasteiger charge is 2.28. The fourth-order valence-corrected chi connectivity index (χ4v) is 4.00. The molecule has 0 bridgehead atoms. The molecule has 1 aromatic carbocycles. The van der Waals surface area contributed by atoms with E-state index in [1.807, 2.05) is 39.8 Å². The lowest BCUT2D eigenvalue weighted by Crippen LogP contribution is -2.48. The lowest BCUT2D eigenvalue weighted by atomic mass is 9.98. The summed E-state index contributed by atoms with van der Waals surface area (Å²) in [7, 11) is 0. The van der Waals surface area contributed by atoms with Gasteiger partial charge in [-0.05, 0) is 45.2 Å². The standard InChI is InChI=1S/C17H22N4OS/c1-13-7-6-8-14(2)21(13)16(22)11-23-17-19-18-12-20(17)15-9-4-3-5-10-15/h3-5,9-10,12-14H,6-8,11H2,1-2H3. The minimum absolute atomic E-state index is 0.192. The molecule has 3 rings (SSSR count). The smallest absolute Gasteiger partial charge is 0.233 e. The fraction of sp³-hybridized carbons (Fsp3) is 0.471. The van der Waals surface area contributed by atoms with Gasteiger partial charge in [0.05, 0.1) is 5.75 Å². The molecule has 23 heavy (non-hydrogen) atoms. The number of para-hydroxylation sites is 1. The minimum Gasteiger partial charge on any atom is -0.337 e. The van der Waals surface area contributed by atoms with E-state index in [1.165, 1.54) is 18.2 Å². The Kier molecular flexibility index (Phi) is 5.00.